The molecule has 2 heterocycles. The van der Waals surface area contributed by atoms with Crippen molar-refractivity contribution in [2.75, 3.05) is 0 Å². The number of hydrogen-bond donors (Lipinski definition) is 0. The Kier molecular flexibility index (Phi) is 4.32. The van der Waals surface area contributed by atoms with Crippen LogP contribution in [-0.2, 0) is 11.2 Å². The lowest BCUT2D eigenvalue weighted by Gasteiger charge is -1.93. The van der Waals surface area contributed by atoms with E-state index in [1.54, 1.807) is 6.20 Å². The molecule has 0 saturated heterocycles. The normalized spacial score (nSPS) is 9.38. The van der Waals surface area contributed by atoms with Crippen LogP contribution in [0.5, 0.6) is 0 Å². The van der Waals surface area contributed by atoms with Crippen LogP contribution in [0.4, 0.5) is 0 Å². The van der Waals surface area contributed by atoms with E-state index in [0.29, 0.717) is 11.7 Å². The lowest BCUT2D eigenvalue weighted by Crippen LogP contribution is -1.85. The molecule has 0 unspecified atom stereocenters. The maximum Gasteiger partial charge on any atom is 0.226 e. The van der Waals surface area contributed by atoms with Crippen LogP contribution in [0.1, 0.15) is 18.5 Å². The van der Waals surface area contributed by atoms with Crippen molar-refractivity contribution in [2.45, 2.75) is 20.3 Å². The van der Waals surface area contributed by atoms with Crippen LogP contribution >= 0.6 is 0 Å². The van der Waals surface area contributed by atoms with Crippen LogP contribution in [-0.4, -0.2) is 21.9 Å². The van der Waals surface area contributed by atoms with Crippen molar-refractivity contribution in [3.8, 4) is 11.4 Å². The molecule has 2 aromatic heterocycles. The minimum absolute atomic E-state index is 0.606. The fourth-order valence-corrected chi connectivity index (χ4v) is 1.12. The molecule has 5 nitrogen and oxygen atoms in total. The van der Waals surface area contributed by atoms with Gasteiger partial charge in [-0.15, -0.1) is 0 Å². The predicted molar refractivity (Wildman–Crippen MR) is 58.8 cm³/mol. The second-order valence-corrected chi connectivity index (χ2v) is 3.05. The molecule has 0 aliphatic carbocycles. The van der Waals surface area contributed by atoms with E-state index in [1.807, 2.05) is 32.8 Å². The largest absolute Gasteiger partial charge is 0.339 e. The van der Waals surface area contributed by atoms with Crippen molar-refractivity contribution in [3.63, 3.8) is 0 Å². The third kappa shape index (κ3) is 2.73. The first-order valence-electron chi connectivity index (χ1n) is 4.84. The van der Waals surface area contributed by atoms with Crippen molar-refractivity contribution in [2.24, 2.45) is 0 Å². The van der Waals surface area contributed by atoms with Gasteiger partial charge in [0.1, 0.15) is 6.79 Å². The summed E-state index contributed by atoms with van der Waals surface area (Å²) >= 11 is 0. The molecule has 2 rings (SSSR count). The zero-order chi connectivity index (χ0) is 12.0. The molecule has 0 amide bonds. The fourth-order valence-electron chi connectivity index (χ4n) is 1.12. The highest BCUT2D eigenvalue weighted by atomic mass is 16.5. The predicted octanol–water partition coefficient (Wildman–Crippen LogP) is 1.82. The van der Waals surface area contributed by atoms with Crippen LogP contribution in [0.3, 0.4) is 0 Å². The van der Waals surface area contributed by atoms with E-state index in [0.717, 1.165) is 17.7 Å². The maximum atomic E-state index is 8.00. The Bertz CT molecular complexity index is 437. The zero-order valence-corrected chi connectivity index (χ0v) is 9.30. The van der Waals surface area contributed by atoms with Crippen molar-refractivity contribution in [1.29, 1.82) is 0 Å². The van der Waals surface area contributed by atoms with Crippen molar-refractivity contribution in [1.82, 2.24) is 15.1 Å². The third-order valence-corrected chi connectivity index (χ3v) is 1.94. The molecule has 0 atom stereocenters. The molecule has 0 fully saturated rings. The molecule has 0 aliphatic heterocycles. The van der Waals surface area contributed by atoms with Crippen LogP contribution in [0.2, 0.25) is 0 Å². The molecule has 84 valence electrons. The number of aromatic nitrogens is 3. The number of nitrogens with zero attached hydrogens (tertiary/aromatic N) is 3. The number of pyridine rings is 1. The summed E-state index contributed by atoms with van der Waals surface area (Å²) in [5.74, 6) is 1.26. The van der Waals surface area contributed by atoms with E-state index < -0.39 is 0 Å². The van der Waals surface area contributed by atoms with Crippen LogP contribution in [0.25, 0.3) is 11.4 Å². The van der Waals surface area contributed by atoms with Gasteiger partial charge >= 0.3 is 0 Å². The monoisotopic (exact) mass is 219 g/mol. The lowest BCUT2D eigenvalue weighted by molar-refractivity contribution is -0.0979. The highest BCUT2D eigenvalue weighted by Gasteiger charge is 2.06. The van der Waals surface area contributed by atoms with Crippen LogP contribution in [0, 0.1) is 6.92 Å². The van der Waals surface area contributed by atoms with E-state index in [2.05, 4.69) is 15.1 Å². The summed E-state index contributed by atoms with van der Waals surface area (Å²) < 4.78 is 5.01. The third-order valence-electron chi connectivity index (χ3n) is 1.94. The molecule has 0 spiro atoms. The molecule has 0 saturated carbocycles. The first-order chi connectivity index (χ1) is 7.79. The van der Waals surface area contributed by atoms with Gasteiger partial charge in [-0.25, -0.2) is 0 Å². The highest BCUT2D eigenvalue weighted by Crippen LogP contribution is 2.14. The van der Waals surface area contributed by atoms with Gasteiger partial charge in [0.2, 0.25) is 11.7 Å². The molecule has 0 N–H and O–H groups in total. The number of aryl methyl sites for hydroxylation is 2. The summed E-state index contributed by atoms with van der Waals surface area (Å²) in [4.78, 5) is 16.4. The van der Waals surface area contributed by atoms with Gasteiger partial charge in [-0.05, 0) is 19.1 Å². The standard InChI is InChI=1S/C10H11N3O.CH2O/c1-3-9-12-10(13-14-9)8-5-4-7(2)11-6-8;1-2/h4-6H,3H2,1-2H3;1H2. The van der Waals surface area contributed by atoms with Gasteiger partial charge in [0.15, 0.2) is 0 Å². The van der Waals surface area contributed by atoms with E-state index in [-0.39, 0.29) is 0 Å². The molecule has 0 bridgehead atoms. The number of carbonyl (C=O) groups excluding carboxylic acids is 1. The Balaban J connectivity index is 0.000000606. The van der Waals surface area contributed by atoms with E-state index in [4.69, 9.17) is 9.32 Å². The number of hydrogen-bond acceptors (Lipinski definition) is 5. The first-order valence-corrected chi connectivity index (χ1v) is 4.84. The van der Waals surface area contributed by atoms with Gasteiger partial charge in [0, 0.05) is 23.9 Å². The summed E-state index contributed by atoms with van der Waals surface area (Å²) in [7, 11) is 0. The van der Waals surface area contributed by atoms with E-state index in [9.17, 15) is 0 Å². The van der Waals surface area contributed by atoms with Gasteiger partial charge in [-0.3, -0.25) is 4.98 Å². The Morgan fingerprint density at radius 2 is 2.12 bits per heavy atom. The van der Waals surface area contributed by atoms with E-state index in [1.165, 1.54) is 0 Å². The van der Waals surface area contributed by atoms with Gasteiger partial charge in [0.25, 0.3) is 0 Å². The summed E-state index contributed by atoms with van der Waals surface area (Å²) in [6, 6.07) is 3.87. The second-order valence-electron chi connectivity index (χ2n) is 3.05. The van der Waals surface area contributed by atoms with Crippen molar-refractivity contribution in [3.05, 3.63) is 29.9 Å². The molecule has 0 radical (unpaired) electrons. The molecule has 16 heavy (non-hydrogen) atoms. The average Bonchev–Trinajstić information content (AvgIpc) is 2.81. The Hall–Kier alpha value is -2.04. The molecular weight excluding hydrogens is 206 g/mol. The van der Waals surface area contributed by atoms with Gasteiger partial charge in [-0.1, -0.05) is 12.1 Å². The zero-order valence-electron chi connectivity index (χ0n) is 9.30. The van der Waals surface area contributed by atoms with Gasteiger partial charge < -0.3 is 9.32 Å². The number of rotatable bonds is 2. The molecular formula is C11H13N3O2. The summed E-state index contributed by atoms with van der Waals surface area (Å²) in [6.07, 6.45) is 2.51. The molecule has 0 aromatic carbocycles. The average molecular weight is 219 g/mol. The lowest BCUT2D eigenvalue weighted by atomic mass is 10.2. The minimum Gasteiger partial charge on any atom is -0.339 e. The number of carbonyl (C=O) groups is 1. The SMILES string of the molecule is C=O.CCc1nc(-c2ccc(C)nc2)no1. The quantitative estimate of drug-likeness (QED) is 0.770. The second kappa shape index (κ2) is 5.75. The first kappa shape index (κ1) is 12.0. The fraction of sp³-hybridized carbons (Fsp3) is 0.273. The smallest absolute Gasteiger partial charge is 0.226 e. The minimum atomic E-state index is 0.606. The van der Waals surface area contributed by atoms with Crippen molar-refractivity contribution >= 4 is 6.79 Å². The van der Waals surface area contributed by atoms with Gasteiger partial charge in [0.05, 0.1) is 0 Å². The molecule has 0 aliphatic rings. The van der Waals surface area contributed by atoms with Crippen LogP contribution < -0.4 is 0 Å². The van der Waals surface area contributed by atoms with Gasteiger partial charge in [-0.2, -0.15) is 4.98 Å². The summed E-state index contributed by atoms with van der Waals surface area (Å²) in [5, 5.41) is 3.86. The Morgan fingerprint density at radius 3 is 2.62 bits per heavy atom. The maximum absolute atomic E-state index is 8.00. The molecule has 5 heteroatoms. The van der Waals surface area contributed by atoms with Crippen LogP contribution in [0.15, 0.2) is 22.9 Å². The summed E-state index contributed by atoms with van der Waals surface area (Å²) in [6.45, 7) is 5.92. The topological polar surface area (TPSA) is 68.9 Å². The molecule has 2 aromatic rings. The Labute approximate surface area is 93.5 Å². The highest BCUT2D eigenvalue weighted by molar-refractivity contribution is 5.52. The summed E-state index contributed by atoms with van der Waals surface area (Å²) in [5.41, 5.74) is 1.87. The Morgan fingerprint density at radius 1 is 1.38 bits per heavy atom. The van der Waals surface area contributed by atoms with Crippen molar-refractivity contribution < 1.29 is 9.32 Å². The van der Waals surface area contributed by atoms with E-state index >= 15 is 0 Å².